The van der Waals surface area contributed by atoms with Gasteiger partial charge in [-0.25, -0.2) is 0 Å². The Morgan fingerprint density at radius 3 is 1.54 bits per heavy atom. The number of phenols is 1. The molecule has 0 amide bonds. The van der Waals surface area contributed by atoms with Gasteiger partial charge in [0.2, 0.25) is 0 Å². The second kappa shape index (κ2) is 10.4. The lowest BCUT2D eigenvalue weighted by molar-refractivity contribution is 0.476. The number of hydrogen-bond donors (Lipinski definition) is 1. The van der Waals surface area contributed by atoms with Crippen molar-refractivity contribution in [2.24, 2.45) is 0 Å². The maximum absolute atomic E-state index is 9.39. The highest BCUT2D eigenvalue weighted by Gasteiger charge is 2.01. The Morgan fingerprint density at radius 2 is 1.04 bits per heavy atom. The zero-order chi connectivity index (χ0) is 19.6. The lowest BCUT2D eigenvalue weighted by atomic mass is 10.0. The molecule has 4 aromatic rings. The average molecular weight is 384 g/mol. The van der Waals surface area contributed by atoms with Crippen LogP contribution in [0.15, 0.2) is 109 Å². The van der Waals surface area contributed by atoms with Gasteiger partial charge in [0.15, 0.2) is 0 Å². The Morgan fingerprint density at radius 1 is 0.571 bits per heavy atom. The van der Waals surface area contributed by atoms with E-state index in [4.69, 9.17) is 0 Å². The molecule has 4 rings (SSSR count). The highest BCUT2D eigenvalue weighted by atomic mass is 31.0. The molecule has 2 heteroatoms. The molecule has 140 valence electrons. The topological polar surface area (TPSA) is 20.2 Å². The van der Waals surface area contributed by atoms with Gasteiger partial charge < -0.3 is 5.11 Å². The second-order valence-corrected chi connectivity index (χ2v) is 7.23. The Labute approximate surface area is 169 Å². The fraction of sp³-hybridized carbons (Fsp3) is 0.0769. The molecule has 0 spiro atoms. The first kappa shape index (κ1) is 19.9. The molecular formula is C26H25OP. The van der Waals surface area contributed by atoms with Crippen LogP contribution in [0, 0.1) is 0 Å². The lowest BCUT2D eigenvalue weighted by Gasteiger charge is -2.05. The molecule has 4 aromatic carbocycles. The van der Waals surface area contributed by atoms with Crippen LogP contribution in [0.4, 0.5) is 0 Å². The fourth-order valence-corrected chi connectivity index (χ4v) is 3.34. The van der Waals surface area contributed by atoms with Gasteiger partial charge in [-0.2, -0.15) is 0 Å². The third kappa shape index (κ3) is 6.08. The Hall–Kier alpha value is -2.89. The van der Waals surface area contributed by atoms with E-state index in [2.05, 4.69) is 69.9 Å². The quantitative estimate of drug-likeness (QED) is 0.426. The summed E-state index contributed by atoms with van der Waals surface area (Å²) in [5.74, 6) is 0.301. The molecule has 0 saturated heterocycles. The third-order valence-corrected chi connectivity index (χ3v) is 5.01. The molecule has 1 N–H and O–H groups in total. The van der Waals surface area contributed by atoms with Crippen molar-refractivity contribution in [3.05, 3.63) is 120 Å². The smallest absolute Gasteiger partial charge is 0.116 e. The predicted octanol–water partition coefficient (Wildman–Crippen LogP) is 6.03. The molecule has 0 aliphatic rings. The van der Waals surface area contributed by atoms with Crippen LogP contribution in [0.2, 0.25) is 0 Å². The summed E-state index contributed by atoms with van der Waals surface area (Å²) in [6.07, 6.45) is 2.26. The lowest BCUT2D eigenvalue weighted by Crippen LogP contribution is -1.95. The SMILES string of the molecule is Oc1ccc(P)c(-c2ccccc2)c1.c1ccc(CCc2ccccc2)cc1. The van der Waals surface area contributed by atoms with Crippen molar-refractivity contribution >= 4 is 14.5 Å². The monoisotopic (exact) mass is 384 g/mol. The number of aromatic hydroxyl groups is 1. The van der Waals surface area contributed by atoms with Gasteiger partial charge >= 0.3 is 0 Å². The van der Waals surface area contributed by atoms with Crippen LogP contribution in [0.5, 0.6) is 5.75 Å². The highest BCUT2D eigenvalue weighted by molar-refractivity contribution is 7.28. The van der Waals surface area contributed by atoms with Gasteiger partial charge in [-0.15, -0.1) is 9.24 Å². The number of rotatable bonds is 4. The summed E-state index contributed by atoms with van der Waals surface area (Å²) in [6.45, 7) is 0. The summed E-state index contributed by atoms with van der Waals surface area (Å²) in [4.78, 5) is 0. The van der Waals surface area contributed by atoms with Crippen molar-refractivity contribution in [3.8, 4) is 16.9 Å². The van der Waals surface area contributed by atoms with Crippen molar-refractivity contribution in [2.75, 3.05) is 0 Å². The van der Waals surface area contributed by atoms with E-state index in [9.17, 15) is 5.11 Å². The summed E-state index contributed by atoms with van der Waals surface area (Å²) >= 11 is 0. The van der Waals surface area contributed by atoms with Crippen LogP contribution in [-0.4, -0.2) is 5.11 Å². The summed E-state index contributed by atoms with van der Waals surface area (Å²) in [6, 6.07) is 36.6. The van der Waals surface area contributed by atoms with Gasteiger partial charge in [-0.05, 0) is 52.5 Å². The van der Waals surface area contributed by atoms with E-state index in [1.807, 2.05) is 36.4 Å². The molecule has 1 unspecified atom stereocenters. The zero-order valence-electron chi connectivity index (χ0n) is 15.8. The molecule has 0 aliphatic heterocycles. The minimum atomic E-state index is 0.301. The largest absolute Gasteiger partial charge is 0.508 e. The van der Waals surface area contributed by atoms with Crippen LogP contribution < -0.4 is 5.30 Å². The first-order chi connectivity index (χ1) is 13.7. The number of hydrogen-bond acceptors (Lipinski definition) is 1. The minimum absolute atomic E-state index is 0.301. The molecule has 0 bridgehead atoms. The average Bonchev–Trinajstić information content (AvgIpc) is 2.76. The van der Waals surface area contributed by atoms with Crippen LogP contribution in [0.1, 0.15) is 11.1 Å². The number of aryl methyl sites for hydroxylation is 2. The molecule has 1 atom stereocenters. The second-order valence-electron chi connectivity index (χ2n) is 6.61. The molecule has 0 fully saturated rings. The van der Waals surface area contributed by atoms with E-state index in [-0.39, 0.29) is 0 Å². The first-order valence-corrected chi connectivity index (χ1v) is 10.0. The molecule has 0 radical (unpaired) electrons. The molecule has 0 saturated carbocycles. The maximum Gasteiger partial charge on any atom is 0.116 e. The van der Waals surface area contributed by atoms with E-state index in [0.29, 0.717) is 5.75 Å². The molecule has 0 aliphatic carbocycles. The van der Waals surface area contributed by atoms with Crippen molar-refractivity contribution in [3.63, 3.8) is 0 Å². The normalized spacial score (nSPS) is 10.0. The summed E-state index contributed by atoms with van der Waals surface area (Å²) in [5.41, 5.74) is 5.00. The van der Waals surface area contributed by atoms with Crippen LogP contribution in [0.3, 0.4) is 0 Å². The Balaban J connectivity index is 0.000000161. The number of phenolic OH excluding ortho intramolecular Hbond substituents is 1. The van der Waals surface area contributed by atoms with E-state index in [0.717, 1.165) is 29.3 Å². The maximum atomic E-state index is 9.39. The van der Waals surface area contributed by atoms with E-state index in [1.165, 1.54) is 11.1 Å². The summed E-state index contributed by atoms with van der Waals surface area (Å²) < 4.78 is 0. The fourth-order valence-electron chi connectivity index (χ4n) is 2.99. The predicted molar refractivity (Wildman–Crippen MR) is 123 cm³/mol. The molecule has 28 heavy (non-hydrogen) atoms. The first-order valence-electron chi connectivity index (χ1n) is 9.44. The standard InChI is InChI=1S/C14H14.C12H11OP/c1-3-7-13(8-4-1)11-12-14-9-5-2-6-10-14;13-10-6-7-12(14)11(8-10)9-4-2-1-3-5-9/h1-10H,11-12H2;1-8,13H,14H2. The summed E-state index contributed by atoms with van der Waals surface area (Å²) in [5, 5.41) is 10.5. The van der Waals surface area contributed by atoms with Gasteiger partial charge in [0.25, 0.3) is 0 Å². The van der Waals surface area contributed by atoms with Crippen molar-refractivity contribution in [1.29, 1.82) is 0 Å². The van der Waals surface area contributed by atoms with E-state index >= 15 is 0 Å². The minimum Gasteiger partial charge on any atom is -0.508 e. The van der Waals surface area contributed by atoms with E-state index < -0.39 is 0 Å². The van der Waals surface area contributed by atoms with Crippen LogP contribution in [-0.2, 0) is 12.8 Å². The Bertz CT molecular complexity index is 927. The molecule has 1 nitrogen and oxygen atoms in total. The molecular weight excluding hydrogens is 359 g/mol. The molecule has 0 aromatic heterocycles. The van der Waals surface area contributed by atoms with Gasteiger partial charge in [0, 0.05) is 0 Å². The number of benzene rings is 4. The van der Waals surface area contributed by atoms with Crippen LogP contribution >= 0.6 is 9.24 Å². The van der Waals surface area contributed by atoms with Gasteiger partial charge in [-0.1, -0.05) is 97.1 Å². The zero-order valence-corrected chi connectivity index (χ0v) is 17.0. The summed E-state index contributed by atoms with van der Waals surface area (Å²) in [7, 11) is 2.67. The molecule has 0 heterocycles. The van der Waals surface area contributed by atoms with Gasteiger partial charge in [-0.3, -0.25) is 0 Å². The third-order valence-electron chi connectivity index (χ3n) is 4.51. The van der Waals surface area contributed by atoms with Crippen molar-refractivity contribution in [2.45, 2.75) is 12.8 Å². The van der Waals surface area contributed by atoms with Crippen molar-refractivity contribution in [1.82, 2.24) is 0 Å². The van der Waals surface area contributed by atoms with Gasteiger partial charge in [0.05, 0.1) is 0 Å². The highest BCUT2D eigenvalue weighted by Crippen LogP contribution is 2.22. The van der Waals surface area contributed by atoms with E-state index in [1.54, 1.807) is 12.1 Å². The Kier molecular flexibility index (Phi) is 7.41. The van der Waals surface area contributed by atoms with Gasteiger partial charge in [0.1, 0.15) is 5.75 Å². The van der Waals surface area contributed by atoms with Crippen LogP contribution in [0.25, 0.3) is 11.1 Å². The van der Waals surface area contributed by atoms with Crippen molar-refractivity contribution < 1.29 is 5.11 Å².